The van der Waals surface area contributed by atoms with Crippen molar-refractivity contribution in [1.29, 1.82) is 0 Å². The molecule has 0 bridgehead atoms. The summed E-state index contributed by atoms with van der Waals surface area (Å²) in [6.07, 6.45) is 0. The number of hydrogen-bond donors (Lipinski definition) is 2. The van der Waals surface area contributed by atoms with E-state index in [1.807, 2.05) is 30.3 Å². The number of nitrogens with one attached hydrogen (secondary N) is 2. The van der Waals surface area contributed by atoms with Crippen LogP contribution in [0.15, 0.2) is 54.6 Å². The number of ether oxygens (including phenoxy) is 2. The number of amides is 1. The Labute approximate surface area is 159 Å². The van der Waals surface area contributed by atoms with Crippen LogP contribution in [0.5, 0.6) is 0 Å². The van der Waals surface area contributed by atoms with E-state index in [1.165, 1.54) is 12.0 Å². The third kappa shape index (κ3) is 5.15. The van der Waals surface area contributed by atoms with Crippen LogP contribution < -0.4 is 10.2 Å². The lowest BCUT2D eigenvalue weighted by Crippen LogP contribution is -3.14. The van der Waals surface area contributed by atoms with Gasteiger partial charge in [0.2, 0.25) is 0 Å². The summed E-state index contributed by atoms with van der Waals surface area (Å²) in [5, 5.41) is 3.14. The van der Waals surface area contributed by atoms with Crippen LogP contribution >= 0.6 is 0 Å². The molecule has 2 N–H and O–H groups in total. The summed E-state index contributed by atoms with van der Waals surface area (Å²) in [6.45, 7) is 4.18. The molecule has 1 heterocycles. The van der Waals surface area contributed by atoms with Crippen molar-refractivity contribution in [3.8, 4) is 0 Å². The highest BCUT2D eigenvalue weighted by Gasteiger charge is 2.23. The number of methoxy groups -OCH3 is 1. The first kappa shape index (κ1) is 19.1. The van der Waals surface area contributed by atoms with Crippen LogP contribution in [0.2, 0.25) is 0 Å². The standard InChI is InChI=1S/C21H24N2O4/c1-26-21(25)18-9-7-17(8-10-18)20(24)22-19(16-5-3-2-4-6-16)15-23-11-13-27-14-12-23/h2-10,19H,11-15H2,1H3,(H,22,24)/p+1/t19-/m0/s1. The van der Waals surface area contributed by atoms with E-state index < -0.39 is 5.97 Å². The van der Waals surface area contributed by atoms with Crippen LogP contribution in [0.25, 0.3) is 0 Å². The second-order valence-electron chi connectivity index (χ2n) is 6.57. The first-order valence-corrected chi connectivity index (χ1v) is 9.13. The lowest BCUT2D eigenvalue weighted by molar-refractivity contribution is -0.909. The number of rotatable bonds is 6. The zero-order valence-electron chi connectivity index (χ0n) is 15.4. The van der Waals surface area contributed by atoms with Crippen molar-refractivity contribution in [3.63, 3.8) is 0 Å². The molecule has 0 radical (unpaired) electrons. The maximum atomic E-state index is 12.8. The molecule has 6 heteroatoms. The summed E-state index contributed by atoms with van der Waals surface area (Å²) >= 11 is 0. The van der Waals surface area contributed by atoms with Gasteiger partial charge in [-0.3, -0.25) is 4.79 Å². The second kappa shape index (κ2) is 9.30. The summed E-state index contributed by atoms with van der Waals surface area (Å²) < 4.78 is 10.1. The fourth-order valence-corrected chi connectivity index (χ4v) is 3.21. The number of carbonyl (C=O) groups excluding carboxylic acids is 2. The van der Waals surface area contributed by atoms with Gasteiger partial charge in [0, 0.05) is 5.56 Å². The van der Waals surface area contributed by atoms with Gasteiger partial charge in [-0.2, -0.15) is 0 Å². The molecule has 0 unspecified atom stereocenters. The SMILES string of the molecule is COC(=O)c1ccc(C(=O)N[C@@H](C[NH+]2CCOCC2)c2ccccc2)cc1. The molecule has 3 rings (SSSR count). The van der Waals surface area contributed by atoms with Crippen molar-refractivity contribution in [2.45, 2.75) is 6.04 Å². The van der Waals surface area contributed by atoms with Crippen LogP contribution in [-0.4, -0.2) is 51.8 Å². The largest absolute Gasteiger partial charge is 0.465 e. The molecule has 1 aliphatic rings. The molecule has 2 aromatic carbocycles. The van der Waals surface area contributed by atoms with Gasteiger partial charge in [0.25, 0.3) is 5.91 Å². The van der Waals surface area contributed by atoms with Gasteiger partial charge in [0.05, 0.1) is 25.9 Å². The fourth-order valence-electron chi connectivity index (χ4n) is 3.21. The number of morpholine rings is 1. The topological polar surface area (TPSA) is 69.1 Å². The smallest absolute Gasteiger partial charge is 0.337 e. The van der Waals surface area contributed by atoms with Crippen LogP contribution in [0.1, 0.15) is 32.3 Å². The average molecular weight is 369 g/mol. The zero-order valence-corrected chi connectivity index (χ0v) is 15.4. The van der Waals surface area contributed by atoms with Gasteiger partial charge in [-0.1, -0.05) is 30.3 Å². The van der Waals surface area contributed by atoms with E-state index in [4.69, 9.17) is 9.47 Å². The number of hydrogen-bond acceptors (Lipinski definition) is 4. The highest BCUT2D eigenvalue weighted by atomic mass is 16.5. The summed E-state index contributed by atoms with van der Waals surface area (Å²) in [7, 11) is 1.33. The van der Waals surface area contributed by atoms with Crippen molar-refractivity contribution in [1.82, 2.24) is 5.32 Å². The van der Waals surface area contributed by atoms with Crippen LogP contribution in [0.3, 0.4) is 0 Å². The quantitative estimate of drug-likeness (QED) is 0.741. The van der Waals surface area contributed by atoms with Gasteiger partial charge in [0.1, 0.15) is 25.7 Å². The summed E-state index contributed by atoms with van der Waals surface area (Å²) in [5.41, 5.74) is 2.02. The Hall–Kier alpha value is -2.70. The molecule has 1 saturated heterocycles. The van der Waals surface area contributed by atoms with Gasteiger partial charge >= 0.3 is 5.97 Å². The molecule has 27 heavy (non-hydrogen) atoms. The van der Waals surface area contributed by atoms with E-state index in [0.717, 1.165) is 38.4 Å². The Bertz CT molecular complexity index is 756. The number of benzene rings is 2. The van der Waals surface area contributed by atoms with Crippen LogP contribution in [0.4, 0.5) is 0 Å². The van der Waals surface area contributed by atoms with Crippen molar-refractivity contribution >= 4 is 11.9 Å². The molecule has 142 valence electrons. The lowest BCUT2D eigenvalue weighted by Gasteiger charge is -2.28. The Morgan fingerprint density at radius 3 is 2.30 bits per heavy atom. The van der Waals surface area contributed by atoms with Gasteiger partial charge in [-0.05, 0) is 29.8 Å². The molecule has 2 aromatic rings. The van der Waals surface area contributed by atoms with Crippen molar-refractivity contribution in [3.05, 3.63) is 71.3 Å². The molecule has 1 fully saturated rings. The zero-order chi connectivity index (χ0) is 19.1. The molecule has 1 atom stereocenters. The first-order valence-electron chi connectivity index (χ1n) is 9.13. The van der Waals surface area contributed by atoms with E-state index in [9.17, 15) is 9.59 Å². The Kier molecular flexibility index (Phi) is 6.57. The molecule has 0 aromatic heterocycles. The molecule has 0 aliphatic carbocycles. The first-order chi connectivity index (χ1) is 13.2. The van der Waals surface area contributed by atoms with E-state index in [-0.39, 0.29) is 11.9 Å². The third-order valence-electron chi connectivity index (χ3n) is 4.77. The fraction of sp³-hybridized carbons (Fsp3) is 0.333. The molecule has 0 saturated carbocycles. The minimum Gasteiger partial charge on any atom is -0.465 e. The van der Waals surface area contributed by atoms with Crippen molar-refractivity contribution in [2.75, 3.05) is 40.0 Å². The van der Waals surface area contributed by atoms with Gasteiger partial charge in [0.15, 0.2) is 0 Å². The van der Waals surface area contributed by atoms with Gasteiger partial charge < -0.3 is 19.7 Å². The highest BCUT2D eigenvalue weighted by molar-refractivity contribution is 5.96. The van der Waals surface area contributed by atoms with E-state index in [2.05, 4.69) is 5.32 Å². The predicted molar refractivity (Wildman–Crippen MR) is 101 cm³/mol. The normalized spacial score (nSPS) is 15.7. The average Bonchev–Trinajstić information content (AvgIpc) is 2.74. The van der Waals surface area contributed by atoms with Crippen molar-refractivity contribution < 1.29 is 24.0 Å². The number of esters is 1. The van der Waals surface area contributed by atoms with E-state index >= 15 is 0 Å². The molecule has 6 nitrogen and oxygen atoms in total. The lowest BCUT2D eigenvalue weighted by atomic mass is 10.0. The molecule has 0 spiro atoms. The van der Waals surface area contributed by atoms with Crippen molar-refractivity contribution in [2.24, 2.45) is 0 Å². The predicted octanol–water partition coefficient (Wildman–Crippen LogP) is 0.859. The molecule has 1 aliphatic heterocycles. The van der Waals surface area contributed by atoms with E-state index in [0.29, 0.717) is 11.1 Å². The number of carbonyl (C=O) groups is 2. The Balaban J connectivity index is 1.72. The highest BCUT2D eigenvalue weighted by Crippen LogP contribution is 2.13. The molecular formula is C21H25N2O4+. The minimum atomic E-state index is -0.417. The van der Waals surface area contributed by atoms with Gasteiger partial charge in [-0.15, -0.1) is 0 Å². The minimum absolute atomic E-state index is 0.0907. The molecular weight excluding hydrogens is 344 g/mol. The summed E-state index contributed by atoms with van der Waals surface area (Å²) in [6, 6.07) is 16.4. The maximum Gasteiger partial charge on any atom is 0.337 e. The molecule has 1 amide bonds. The monoisotopic (exact) mass is 369 g/mol. The third-order valence-corrected chi connectivity index (χ3v) is 4.77. The van der Waals surface area contributed by atoms with Crippen LogP contribution in [-0.2, 0) is 9.47 Å². The Morgan fingerprint density at radius 2 is 1.67 bits per heavy atom. The maximum absolute atomic E-state index is 12.8. The second-order valence-corrected chi connectivity index (χ2v) is 6.57. The van der Waals surface area contributed by atoms with E-state index in [1.54, 1.807) is 24.3 Å². The van der Waals surface area contributed by atoms with Gasteiger partial charge in [-0.25, -0.2) is 4.79 Å². The van der Waals surface area contributed by atoms with Crippen LogP contribution in [0, 0.1) is 0 Å². The summed E-state index contributed by atoms with van der Waals surface area (Å²) in [5.74, 6) is -0.576. The number of quaternary nitrogens is 1. The summed E-state index contributed by atoms with van der Waals surface area (Å²) in [4.78, 5) is 25.7. The Morgan fingerprint density at radius 1 is 1.04 bits per heavy atom.